The van der Waals surface area contributed by atoms with Gasteiger partial charge in [-0.3, -0.25) is 9.78 Å². The minimum atomic E-state index is -1.67. The van der Waals surface area contributed by atoms with Crippen molar-refractivity contribution >= 4 is 22.9 Å². The maximum Gasteiger partial charge on any atom is 0.318 e. The number of anilines is 2. The van der Waals surface area contributed by atoms with Gasteiger partial charge in [0.1, 0.15) is 18.1 Å². The molecule has 4 heterocycles. The highest BCUT2D eigenvalue weighted by Gasteiger charge is 2.27. The number of nitrogens with one attached hydrogen (secondary N) is 2. The van der Waals surface area contributed by atoms with Gasteiger partial charge in [-0.1, -0.05) is 0 Å². The fraction of sp³-hybridized carbons (Fsp3) is 0.250. The Kier molecular flexibility index (Phi) is 6.75. The highest BCUT2D eigenvalue weighted by Crippen LogP contribution is 2.27. The number of alkyl halides is 1. The molecule has 0 aliphatic heterocycles. The van der Waals surface area contributed by atoms with Crippen molar-refractivity contribution < 1.29 is 19.0 Å². The van der Waals surface area contributed by atoms with Gasteiger partial charge in [0.05, 0.1) is 59.2 Å². The Morgan fingerprint density at radius 1 is 1.28 bits per heavy atom. The van der Waals surface area contributed by atoms with Crippen molar-refractivity contribution in [3.05, 3.63) is 60.0 Å². The Labute approximate surface area is 205 Å². The summed E-state index contributed by atoms with van der Waals surface area (Å²) in [7, 11) is 1.43. The third-order valence-corrected chi connectivity index (χ3v) is 5.33. The van der Waals surface area contributed by atoms with Gasteiger partial charge in [0.25, 0.3) is 5.91 Å². The van der Waals surface area contributed by atoms with Crippen LogP contribution in [-0.2, 0) is 0 Å². The Morgan fingerprint density at radius 2 is 2.08 bits per heavy atom. The van der Waals surface area contributed by atoms with Crippen LogP contribution in [0.25, 0.3) is 16.9 Å². The normalized spacial score (nSPS) is 12.1. The molecule has 3 N–H and O–H groups in total. The summed E-state index contributed by atoms with van der Waals surface area (Å²) < 4.78 is 20.9. The summed E-state index contributed by atoms with van der Waals surface area (Å²) in [5.41, 5.74) is 1.07. The Hall–Kier alpha value is -4.63. The van der Waals surface area contributed by atoms with Crippen LogP contribution in [-0.4, -0.2) is 61.0 Å². The number of aliphatic hydroxyl groups is 1. The average molecular weight is 490 g/mol. The summed E-state index contributed by atoms with van der Waals surface area (Å²) in [4.78, 5) is 25.6. The minimum Gasteiger partial charge on any atom is -0.467 e. The molecule has 4 rings (SSSR count). The van der Waals surface area contributed by atoms with E-state index >= 15 is 0 Å². The smallest absolute Gasteiger partial charge is 0.318 e. The van der Waals surface area contributed by atoms with Crippen molar-refractivity contribution in [1.29, 1.82) is 5.26 Å². The number of fused-ring (bicyclic) bond motifs is 1. The standard InChI is InChI=1S/C24H23FN8O3/c1-24(2,35)20(25)13-29-22(34)16-12-28-18(9-17(16)31-21-6-7-27-23(32-21)36-3)19-5-4-15-8-14(10-26)11-30-33(15)19/h4-9,11-12,20,35H,13H2,1-3H3,(H,29,34)(H,27,28,31,32)/t20-/m1/s1. The van der Waals surface area contributed by atoms with Gasteiger partial charge in [0.2, 0.25) is 0 Å². The first kappa shape index (κ1) is 24.5. The number of nitrogens with zero attached hydrogens (tertiary/aromatic N) is 6. The van der Waals surface area contributed by atoms with E-state index < -0.39 is 17.7 Å². The number of pyridine rings is 1. The van der Waals surface area contributed by atoms with Gasteiger partial charge < -0.3 is 20.5 Å². The zero-order valence-corrected chi connectivity index (χ0v) is 19.7. The molecule has 0 bridgehead atoms. The van der Waals surface area contributed by atoms with E-state index in [1.165, 1.54) is 39.5 Å². The van der Waals surface area contributed by atoms with Crippen molar-refractivity contribution in [2.75, 3.05) is 19.0 Å². The number of hydrogen-bond donors (Lipinski definition) is 3. The van der Waals surface area contributed by atoms with Crippen molar-refractivity contribution in [3.63, 3.8) is 0 Å². The predicted molar refractivity (Wildman–Crippen MR) is 129 cm³/mol. The van der Waals surface area contributed by atoms with Crippen LogP contribution in [0.3, 0.4) is 0 Å². The maximum absolute atomic E-state index is 14.2. The predicted octanol–water partition coefficient (Wildman–Crippen LogP) is 2.65. The van der Waals surface area contributed by atoms with E-state index in [1.807, 2.05) is 0 Å². The molecule has 0 aromatic carbocycles. The van der Waals surface area contributed by atoms with E-state index in [2.05, 4.69) is 36.8 Å². The third kappa shape index (κ3) is 5.21. The number of aromatic nitrogens is 5. The number of rotatable bonds is 8. The van der Waals surface area contributed by atoms with E-state index in [0.29, 0.717) is 34.0 Å². The second kappa shape index (κ2) is 9.93. The molecule has 0 aliphatic carbocycles. The van der Waals surface area contributed by atoms with Gasteiger partial charge in [-0.2, -0.15) is 15.3 Å². The molecule has 11 nitrogen and oxygen atoms in total. The number of amides is 1. The summed E-state index contributed by atoms with van der Waals surface area (Å²) in [5.74, 6) is -0.244. The van der Waals surface area contributed by atoms with Gasteiger partial charge in [-0.05, 0) is 44.2 Å². The number of methoxy groups -OCH3 is 1. The molecule has 0 saturated heterocycles. The van der Waals surface area contributed by atoms with E-state index in [-0.39, 0.29) is 18.1 Å². The molecule has 0 radical (unpaired) electrons. The Morgan fingerprint density at radius 3 is 2.81 bits per heavy atom. The van der Waals surface area contributed by atoms with Crippen LogP contribution in [0.4, 0.5) is 15.9 Å². The van der Waals surface area contributed by atoms with E-state index in [9.17, 15) is 14.3 Å². The molecular formula is C24H23FN8O3. The topological polar surface area (TPSA) is 150 Å². The van der Waals surface area contributed by atoms with Crippen molar-refractivity contribution in [1.82, 2.24) is 29.9 Å². The molecule has 184 valence electrons. The number of nitriles is 1. The summed E-state index contributed by atoms with van der Waals surface area (Å²) in [6.45, 7) is 2.26. The van der Waals surface area contributed by atoms with Gasteiger partial charge in [-0.25, -0.2) is 13.9 Å². The van der Waals surface area contributed by atoms with Crippen LogP contribution in [0.15, 0.2) is 48.9 Å². The summed E-state index contributed by atoms with van der Waals surface area (Å²) >= 11 is 0. The van der Waals surface area contributed by atoms with Crippen LogP contribution in [0.2, 0.25) is 0 Å². The zero-order valence-electron chi connectivity index (χ0n) is 19.7. The first-order valence-electron chi connectivity index (χ1n) is 10.9. The molecule has 0 saturated carbocycles. The SMILES string of the molecule is COc1nccc(Nc2cc(-c3ccc4cc(C#N)cnn34)ncc2C(=O)NC[C@@H](F)C(C)(C)O)n1. The van der Waals surface area contributed by atoms with E-state index in [4.69, 9.17) is 10.00 Å². The number of halogens is 1. The van der Waals surface area contributed by atoms with Crippen molar-refractivity contribution in [3.8, 4) is 23.5 Å². The van der Waals surface area contributed by atoms with E-state index in [0.717, 1.165) is 0 Å². The van der Waals surface area contributed by atoms with Gasteiger partial charge in [0.15, 0.2) is 0 Å². The fourth-order valence-electron chi connectivity index (χ4n) is 3.31. The monoisotopic (exact) mass is 490 g/mol. The van der Waals surface area contributed by atoms with Crippen LogP contribution in [0.1, 0.15) is 29.8 Å². The summed E-state index contributed by atoms with van der Waals surface area (Å²) in [6, 6.07) is 10.7. The van der Waals surface area contributed by atoms with Gasteiger partial charge in [-0.15, -0.1) is 0 Å². The second-order valence-corrected chi connectivity index (χ2v) is 8.41. The molecule has 36 heavy (non-hydrogen) atoms. The lowest BCUT2D eigenvalue weighted by Gasteiger charge is -2.22. The molecular weight excluding hydrogens is 467 g/mol. The third-order valence-electron chi connectivity index (χ3n) is 5.33. The molecule has 0 unspecified atom stereocenters. The average Bonchev–Trinajstić information content (AvgIpc) is 3.29. The number of carbonyl (C=O) groups excluding carboxylic acids is 1. The molecule has 4 aromatic heterocycles. The van der Waals surface area contributed by atoms with Crippen molar-refractivity contribution in [2.24, 2.45) is 0 Å². The van der Waals surface area contributed by atoms with Crippen LogP contribution in [0, 0.1) is 11.3 Å². The molecule has 1 atom stereocenters. The zero-order chi connectivity index (χ0) is 25.9. The summed E-state index contributed by atoms with van der Waals surface area (Å²) in [6.07, 6.45) is 2.62. The van der Waals surface area contributed by atoms with Crippen LogP contribution in [0.5, 0.6) is 6.01 Å². The molecule has 0 spiro atoms. The molecule has 4 aromatic rings. The molecule has 12 heteroatoms. The fourth-order valence-corrected chi connectivity index (χ4v) is 3.31. The number of carbonyl (C=O) groups is 1. The van der Waals surface area contributed by atoms with E-state index in [1.54, 1.807) is 34.8 Å². The quantitative estimate of drug-likeness (QED) is 0.339. The van der Waals surface area contributed by atoms with Gasteiger partial charge >= 0.3 is 6.01 Å². The Bertz CT molecular complexity index is 1460. The largest absolute Gasteiger partial charge is 0.467 e. The lowest BCUT2D eigenvalue weighted by molar-refractivity contribution is -0.00177. The van der Waals surface area contributed by atoms with Gasteiger partial charge in [0, 0.05) is 12.4 Å². The van der Waals surface area contributed by atoms with Crippen LogP contribution >= 0.6 is 0 Å². The first-order valence-corrected chi connectivity index (χ1v) is 10.9. The first-order chi connectivity index (χ1) is 17.2. The number of hydrogen-bond acceptors (Lipinski definition) is 9. The van der Waals surface area contributed by atoms with Crippen LogP contribution < -0.4 is 15.4 Å². The highest BCUT2D eigenvalue weighted by atomic mass is 19.1. The molecule has 1 amide bonds. The highest BCUT2D eigenvalue weighted by molar-refractivity contribution is 6.00. The minimum absolute atomic E-state index is 0.125. The number of ether oxygens (including phenoxy) is 1. The Balaban J connectivity index is 1.72. The van der Waals surface area contributed by atoms with Crippen molar-refractivity contribution in [2.45, 2.75) is 25.6 Å². The summed E-state index contributed by atoms with van der Waals surface area (Å²) in [5, 5.41) is 28.8. The molecule has 0 fully saturated rings. The lowest BCUT2D eigenvalue weighted by Crippen LogP contribution is -2.42. The second-order valence-electron chi connectivity index (χ2n) is 8.41. The maximum atomic E-state index is 14.2. The molecule has 0 aliphatic rings. The lowest BCUT2D eigenvalue weighted by atomic mass is 10.0.